The van der Waals surface area contributed by atoms with Gasteiger partial charge in [0.05, 0.1) is 0 Å². The van der Waals surface area contributed by atoms with Crippen molar-refractivity contribution in [3.63, 3.8) is 0 Å². The number of nitrogens with one attached hydrogen (secondary N) is 1. The van der Waals surface area contributed by atoms with Gasteiger partial charge in [-0.05, 0) is 53.9 Å². The van der Waals surface area contributed by atoms with Crippen molar-refractivity contribution in [2.45, 2.75) is 69.5 Å². The molecule has 0 saturated carbocycles. The van der Waals surface area contributed by atoms with Crippen molar-refractivity contribution >= 4 is 18.0 Å². The second-order valence-electron chi connectivity index (χ2n) is 10.4. The van der Waals surface area contributed by atoms with Crippen LogP contribution in [0.2, 0.25) is 0 Å². The van der Waals surface area contributed by atoms with Crippen molar-refractivity contribution in [2.24, 2.45) is 5.92 Å². The van der Waals surface area contributed by atoms with E-state index in [9.17, 15) is 19.5 Å². The van der Waals surface area contributed by atoms with Crippen LogP contribution in [-0.4, -0.2) is 52.2 Å². The molecule has 2 saturated heterocycles. The summed E-state index contributed by atoms with van der Waals surface area (Å²) >= 11 is 0. The first-order chi connectivity index (χ1) is 16.8. The maximum atomic E-state index is 13.2. The topological polar surface area (TPSA) is 95.9 Å². The fourth-order valence-corrected chi connectivity index (χ4v) is 6.22. The van der Waals surface area contributed by atoms with Crippen molar-refractivity contribution < 1.29 is 24.2 Å². The monoisotopic (exact) mass is 476 g/mol. The summed E-state index contributed by atoms with van der Waals surface area (Å²) in [7, 11) is 0. The van der Waals surface area contributed by atoms with Gasteiger partial charge in [-0.25, -0.2) is 9.59 Å². The van der Waals surface area contributed by atoms with E-state index in [2.05, 4.69) is 29.6 Å². The maximum Gasteiger partial charge on any atom is 0.407 e. The van der Waals surface area contributed by atoms with Gasteiger partial charge in [0.25, 0.3) is 0 Å². The zero-order chi connectivity index (χ0) is 24.7. The third-order valence-electron chi connectivity index (χ3n) is 8.12. The van der Waals surface area contributed by atoms with Gasteiger partial charge < -0.3 is 20.1 Å². The third-order valence-corrected chi connectivity index (χ3v) is 8.12. The van der Waals surface area contributed by atoms with E-state index in [0.29, 0.717) is 12.8 Å². The van der Waals surface area contributed by atoms with Gasteiger partial charge in [0.15, 0.2) is 0 Å². The van der Waals surface area contributed by atoms with Gasteiger partial charge in [-0.15, -0.1) is 0 Å². The fraction of sp³-hybridized carbons (Fsp3) is 0.464. The Labute approximate surface area is 205 Å². The first-order valence-corrected chi connectivity index (χ1v) is 12.5. The summed E-state index contributed by atoms with van der Waals surface area (Å²) in [6, 6.07) is 15.9. The van der Waals surface area contributed by atoms with Gasteiger partial charge in [0.2, 0.25) is 5.91 Å². The lowest BCUT2D eigenvalue weighted by Crippen LogP contribution is -2.52. The Morgan fingerprint density at radius 1 is 1.03 bits per heavy atom. The van der Waals surface area contributed by atoms with Gasteiger partial charge in [0, 0.05) is 24.4 Å². The molecule has 2 bridgehead atoms. The quantitative estimate of drug-likeness (QED) is 0.611. The zero-order valence-corrected chi connectivity index (χ0v) is 20.2. The van der Waals surface area contributed by atoms with E-state index in [1.807, 2.05) is 38.1 Å². The predicted octanol–water partition coefficient (Wildman–Crippen LogP) is 4.55. The third kappa shape index (κ3) is 3.97. The van der Waals surface area contributed by atoms with Crippen LogP contribution >= 0.6 is 0 Å². The Kier molecular flexibility index (Phi) is 6.03. The molecule has 3 aliphatic rings. The number of fused-ring (bicyclic) bond motifs is 5. The molecular weight excluding hydrogens is 444 g/mol. The van der Waals surface area contributed by atoms with Crippen molar-refractivity contribution in [3.8, 4) is 11.1 Å². The minimum Gasteiger partial charge on any atom is -0.479 e. The number of amides is 2. The summed E-state index contributed by atoms with van der Waals surface area (Å²) in [5.74, 6) is -1.18. The van der Waals surface area contributed by atoms with Crippen LogP contribution < -0.4 is 5.32 Å². The van der Waals surface area contributed by atoms with Crippen LogP contribution in [0, 0.1) is 5.92 Å². The number of ether oxygens (including phenoxy) is 1. The lowest BCUT2D eigenvalue weighted by Gasteiger charge is -2.33. The van der Waals surface area contributed by atoms with E-state index >= 15 is 0 Å². The highest BCUT2D eigenvalue weighted by Gasteiger charge is 2.58. The average molecular weight is 477 g/mol. The first kappa shape index (κ1) is 23.4. The molecule has 2 aromatic carbocycles. The Morgan fingerprint density at radius 3 is 2.14 bits per heavy atom. The van der Waals surface area contributed by atoms with E-state index in [0.717, 1.165) is 35.1 Å². The molecule has 2 aliphatic heterocycles. The molecule has 2 amide bonds. The second kappa shape index (κ2) is 9.02. The zero-order valence-electron chi connectivity index (χ0n) is 20.2. The van der Waals surface area contributed by atoms with Crippen molar-refractivity contribution in [2.75, 3.05) is 6.61 Å². The summed E-state index contributed by atoms with van der Waals surface area (Å²) in [4.78, 5) is 39.6. The molecule has 2 aromatic rings. The largest absolute Gasteiger partial charge is 0.479 e. The van der Waals surface area contributed by atoms with Crippen LogP contribution in [0.4, 0.5) is 4.79 Å². The first-order valence-electron chi connectivity index (χ1n) is 12.5. The molecule has 35 heavy (non-hydrogen) atoms. The molecule has 0 aromatic heterocycles. The minimum absolute atomic E-state index is 0.0131. The summed E-state index contributed by atoms with van der Waals surface area (Å²) in [6.07, 6.45) is 1.97. The molecular formula is C28H32N2O5. The van der Waals surface area contributed by atoms with Crippen molar-refractivity contribution in [3.05, 3.63) is 59.7 Å². The Hall–Kier alpha value is -3.35. The number of hydrogen-bond donors (Lipinski definition) is 2. The Balaban J connectivity index is 1.24. The lowest BCUT2D eigenvalue weighted by atomic mass is 9.88. The van der Waals surface area contributed by atoms with Gasteiger partial charge in [-0.1, -0.05) is 62.4 Å². The highest BCUT2D eigenvalue weighted by Crippen LogP contribution is 2.47. The van der Waals surface area contributed by atoms with Crippen LogP contribution in [0.1, 0.15) is 63.0 Å². The van der Waals surface area contributed by atoms with Crippen LogP contribution in [0.15, 0.2) is 48.5 Å². The van der Waals surface area contributed by atoms with E-state index in [1.54, 1.807) is 4.90 Å². The van der Waals surface area contributed by atoms with E-state index in [-0.39, 0.29) is 36.8 Å². The van der Waals surface area contributed by atoms with Gasteiger partial charge >= 0.3 is 12.1 Å². The lowest BCUT2D eigenvalue weighted by molar-refractivity contribution is -0.155. The highest BCUT2D eigenvalue weighted by molar-refractivity contribution is 5.89. The SMILES string of the molecule is CC(C)[C@@H](CC(=O)N1C2CCC1(C(=O)O)CC2)NC(=O)OCC1c2ccccc2-c2ccccc21. The van der Waals surface area contributed by atoms with Crippen molar-refractivity contribution in [1.82, 2.24) is 10.2 Å². The smallest absolute Gasteiger partial charge is 0.407 e. The number of rotatable bonds is 7. The Bertz CT molecular complexity index is 1110. The molecule has 2 fully saturated rings. The number of nitrogens with zero attached hydrogens (tertiary/aromatic N) is 1. The highest BCUT2D eigenvalue weighted by atomic mass is 16.5. The number of carbonyl (C=O) groups is 3. The van der Waals surface area contributed by atoms with E-state index in [1.165, 1.54) is 0 Å². The standard InChI is InChI=1S/C28H32N2O5/c1-17(2)24(15-25(31)30-18-11-13-28(30,14-12-18)26(32)33)29-27(34)35-16-23-21-9-5-3-7-19(21)20-8-4-6-10-22(20)23/h3-10,17-18,23-24H,11-16H2,1-2H3,(H,29,34)(H,32,33)/t18?,24-,28?/m1/s1. The molecule has 1 atom stereocenters. The minimum atomic E-state index is -1.08. The van der Waals surface area contributed by atoms with E-state index < -0.39 is 23.6 Å². The van der Waals surface area contributed by atoms with E-state index in [4.69, 9.17) is 4.74 Å². The van der Waals surface area contributed by atoms with Crippen LogP contribution in [-0.2, 0) is 14.3 Å². The van der Waals surface area contributed by atoms with Gasteiger partial charge in [-0.2, -0.15) is 0 Å². The molecule has 0 radical (unpaired) electrons. The number of carboxylic acids is 1. The van der Waals surface area contributed by atoms with Crippen LogP contribution in [0.5, 0.6) is 0 Å². The fourth-order valence-electron chi connectivity index (χ4n) is 6.22. The number of aliphatic carboxylic acids is 1. The normalized spacial score (nSPS) is 23.2. The number of benzene rings is 2. The predicted molar refractivity (Wildman–Crippen MR) is 131 cm³/mol. The molecule has 0 unspecified atom stereocenters. The Morgan fingerprint density at radius 2 is 1.60 bits per heavy atom. The maximum absolute atomic E-state index is 13.2. The van der Waals surface area contributed by atoms with Crippen LogP contribution in [0.25, 0.3) is 11.1 Å². The number of alkyl carbamates (subject to hydrolysis) is 1. The molecule has 2 N–H and O–H groups in total. The summed E-state index contributed by atoms with van der Waals surface area (Å²) in [5.41, 5.74) is 3.53. The summed E-state index contributed by atoms with van der Waals surface area (Å²) in [5, 5.41) is 12.7. The summed E-state index contributed by atoms with van der Waals surface area (Å²) in [6.45, 7) is 4.08. The number of hydrogen-bond acceptors (Lipinski definition) is 4. The second-order valence-corrected chi connectivity index (χ2v) is 10.4. The average Bonchev–Trinajstić information content (AvgIpc) is 3.51. The van der Waals surface area contributed by atoms with Crippen molar-refractivity contribution in [1.29, 1.82) is 0 Å². The molecule has 1 aliphatic carbocycles. The molecule has 5 rings (SSSR count). The summed E-state index contributed by atoms with van der Waals surface area (Å²) < 4.78 is 5.67. The molecule has 184 valence electrons. The molecule has 7 nitrogen and oxygen atoms in total. The molecule has 0 spiro atoms. The number of carbonyl (C=O) groups excluding carboxylic acids is 2. The number of carboxylic acid groups (broad SMARTS) is 1. The molecule has 2 heterocycles. The molecule has 7 heteroatoms. The van der Waals surface area contributed by atoms with Gasteiger partial charge in [0.1, 0.15) is 12.1 Å². The van der Waals surface area contributed by atoms with Gasteiger partial charge in [-0.3, -0.25) is 4.79 Å². The van der Waals surface area contributed by atoms with Crippen LogP contribution in [0.3, 0.4) is 0 Å².